The quantitative estimate of drug-likeness (QED) is 0.518. The fourth-order valence-corrected chi connectivity index (χ4v) is 2.73. The summed E-state index contributed by atoms with van der Waals surface area (Å²) in [4.78, 5) is 24.1. The molecule has 0 aromatic carbocycles. The normalized spacial score (nSPS) is 24.1. The van der Waals surface area contributed by atoms with Gasteiger partial charge in [0.1, 0.15) is 6.04 Å². The van der Waals surface area contributed by atoms with Crippen LogP contribution in [-0.4, -0.2) is 52.1 Å². The van der Waals surface area contributed by atoms with Crippen LogP contribution in [0.2, 0.25) is 0 Å². The minimum absolute atomic E-state index is 0.0822. The van der Waals surface area contributed by atoms with E-state index in [4.69, 9.17) is 11.5 Å². The Morgan fingerprint density at radius 3 is 2.94 bits per heavy atom. The second-order valence-electron chi connectivity index (χ2n) is 3.40. The number of rotatable bonds is 4. The maximum Gasteiger partial charge on any atom is 0.327 e. The van der Waals surface area contributed by atoms with Gasteiger partial charge in [0.2, 0.25) is 5.91 Å². The standard InChI is InChI=1S/C10H14N2O3S/c1-3-4-11-5-9(13)12-7(2)16-6-8(12)10(14)15/h1,7-8,11H,4-6H2,2H3,(H,14,15). The number of carboxylic acids is 1. The molecule has 1 fully saturated rings. The fourth-order valence-electron chi connectivity index (χ4n) is 1.54. The van der Waals surface area contributed by atoms with Gasteiger partial charge in [-0.25, -0.2) is 4.79 Å². The largest absolute Gasteiger partial charge is 0.480 e. The van der Waals surface area contributed by atoms with Crippen LogP contribution in [-0.2, 0) is 9.59 Å². The maximum absolute atomic E-state index is 11.8. The molecule has 0 aromatic rings. The fraction of sp³-hybridized carbons (Fsp3) is 0.600. The van der Waals surface area contributed by atoms with E-state index in [-0.39, 0.29) is 17.8 Å². The van der Waals surface area contributed by atoms with Gasteiger partial charge in [-0.05, 0) is 6.92 Å². The van der Waals surface area contributed by atoms with Gasteiger partial charge < -0.3 is 10.0 Å². The molecule has 1 rings (SSSR count). The van der Waals surface area contributed by atoms with E-state index in [2.05, 4.69) is 11.2 Å². The summed E-state index contributed by atoms with van der Waals surface area (Å²) in [5, 5.41) is 11.6. The van der Waals surface area contributed by atoms with Gasteiger partial charge in [0, 0.05) is 5.75 Å². The van der Waals surface area contributed by atoms with Crippen LogP contribution >= 0.6 is 11.8 Å². The summed E-state index contributed by atoms with van der Waals surface area (Å²) in [5.74, 6) is 1.62. The molecule has 0 saturated carbocycles. The number of hydrogen-bond acceptors (Lipinski definition) is 4. The third kappa shape index (κ3) is 2.90. The van der Waals surface area contributed by atoms with Crippen LogP contribution in [0, 0.1) is 12.3 Å². The number of terminal acetylenes is 1. The molecule has 1 heterocycles. The summed E-state index contributed by atoms with van der Waals surface area (Å²) >= 11 is 1.47. The van der Waals surface area contributed by atoms with Gasteiger partial charge in [0.05, 0.1) is 18.5 Å². The molecule has 88 valence electrons. The third-order valence-corrected chi connectivity index (χ3v) is 3.52. The van der Waals surface area contributed by atoms with Crippen molar-refractivity contribution >= 4 is 23.6 Å². The maximum atomic E-state index is 11.8. The zero-order valence-electron chi connectivity index (χ0n) is 8.97. The first kappa shape index (κ1) is 12.9. The van der Waals surface area contributed by atoms with Crippen molar-refractivity contribution in [2.75, 3.05) is 18.8 Å². The van der Waals surface area contributed by atoms with E-state index >= 15 is 0 Å². The van der Waals surface area contributed by atoms with E-state index in [9.17, 15) is 9.59 Å². The zero-order valence-corrected chi connectivity index (χ0v) is 9.79. The Hall–Kier alpha value is -1.19. The molecule has 0 aliphatic carbocycles. The van der Waals surface area contributed by atoms with E-state index in [1.807, 2.05) is 6.92 Å². The molecule has 0 aromatic heterocycles. The number of aliphatic carboxylic acids is 1. The highest BCUT2D eigenvalue weighted by Crippen LogP contribution is 2.28. The van der Waals surface area contributed by atoms with E-state index in [1.165, 1.54) is 16.7 Å². The van der Waals surface area contributed by atoms with Crippen LogP contribution in [0.3, 0.4) is 0 Å². The predicted octanol–water partition coefficient (Wildman–Crippen LogP) is -0.416. The molecule has 2 N–H and O–H groups in total. The number of carboxylic acid groups (broad SMARTS) is 1. The summed E-state index contributed by atoms with van der Waals surface area (Å²) in [6, 6.07) is -0.722. The van der Waals surface area contributed by atoms with E-state index in [0.29, 0.717) is 12.3 Å². The lowest BCUT2D eigenvalue weighted by atomic mass is 10.2. The molecule has 0 spiro atoms. The lowest BCUT2D eigenvalue weighted by molar-refractivity contribution is -0.148. The SMILES string of the molecule is C#CCNCC(=O)N1C(C)SCC1C(=O)O. The van der Waals surface area contributed by atoms with E-state index in [0.717, 1.165) is 0 Å². The average molecular weight is 242 g/mol. The van der Waals surface area contributed by atoms with Crippen LogP contribution in [0.25, 0.3) is 0 Å². The number of amides is 1. The molecule has 1 aliphatic rings. The summed E-state index contributed by atoms with van der Waals surface area (Å²) in [6.07, 6.45) is 5.04. The number of thioether (sulfide) groups is 1. The third-order valence-electron chi connectivity index (χ3n) is 2.30. The number of hydrogen-bond donors (Lipinski definition) is 2. The topological polar surface area (TPSA) is 69.6 Å². The Labute approximate surface area is 98.6 Å². The van der Waals surface area contributed by atoms with Crippen LogP contribution in [0.1, 0.15) is 6.92 Å². The first-order valence-electron chi connectivity index (χ1n) is 4.87. The molecule has 5 nitrogen and oxygen atoms in total. The molecule has 1 saturated heterocycles. The first-order valence-corrected chi connectivity index (χ1v) is 5.92. The number of nitrogens with one attached hydrogen (secondary N) is 1. The molecule has 2 atom stereocenters. The predicted molar refractivity (Wildman–Crippen MR) is 61.9 cm³/mol. The van der Waals surface area contributed by atoms with Crippen molar-refractivity contribution in [3.05, 3.63) is 0 Å². The van der Waals surface area contributed by atoms with Gasteiger partial charge in [0.25, 0.3) is 0 Å². The molecule has 0 radical (unpaired) electrons. The van der Waals surface area contributed by atoms with E-state index in [1.54, 1.807) is 0 Å². The Bertz CT molecular complexity index is 327. The number of carbonyl (C=O) groups excluding carboxylic acids is 1. The molecular weight excluding hydrogens is 228 g/mol. The van der Waals surface area contributed by atoms with Crippen molar-refractivity contribution in [1.29, 1.82) is 0 Å². The number of carbonyl (C=O) groups is 2. The van der Waals surface area contributed by atoms with Gasteiger partial charge in [-0.3, -0.25) is 10.1 Å². The first-order chi connectivity index (χ1) is 7.57. The highest BCUT2D eigenvalue weighted by Gasteiger charge is 2.38. The molecule has 2 unspecified atom stereocenters. The van der Waals surface area contributed by atoms with Crippen molar-refractivity contribution < 1.29 is 14.7 Å². The van der Waals surface area contributed by atoms with Crippen molar-refractivity contribution in [3.63, 3.8) is 0 Å². The van der Waals surface area contributed by atoms with E-state index < -0.39 is 12.0 Å². The van der Waals surface area contributed by atoms with Crippen molar-refractivity contribution in [2.24, 2.45) is 0 Å². The second kappa shape index (κ2) is 5.77. The van der Waals surface area contributed by atoms with Crippen molar-refractivity contribution in [1.82, 2.24) is 10.2 Å². The lowest BCUT2D eigenvalue weighted by Gasteiger charge is -2.24. The number of nitrogens with zero attached hydrogens (tertiary/aromatic N) is 1. The van der Waals surface area contributed by atoms with Gasteiger partial charge in [-0.1, -0.05) is 5.92 Å². The molecule has 6 heteroatoms. The van der Waals surface area contributed by atoms with Crippen LogP contribution < -0.4 is 5.32 Å². The highest BCUT2D eigenvalue weighted by atomic mass is 32.2. The Kier molecular flexibility index (Phi) is 4.65. The Morgan fingerprint density at radius 1 is 1.69 bits per heavy atom. The minimum atomic E-state index is -0.956. The minimum Gasteiger partial charge on any atom is -0.480 e. The van der Waals surface area contributed by atoms with Crippen LogP contribution in [0.4, 0.5) is 0 Å². The summed E-state index contributed by atoms with van der Waals surface area (Å²) in [7, 11) is 0. The second-order valence-corrected chi connectivity index (χ2v) is 4.74. The lowest BCUT2D eigenvalue weighted by Crippen LogP contribution is -2.48. The van der Waals surface area contributed by atoms with Crippen molar-refractivity contribution in [2.45, 2.75) is 18.3 Å². The van der Waals surface area contributed by atoms with Gasteiger partial charge in [0.15, 0.2) is 0 Å². The van der Waals surface area contributed by atoms with Gasteiger partial charge >= 0.3 is 5.97 Å². The Balaban J connectivity index is 2.58. The molecule has 16 heavy (non-hydrogen) atoms. The van der Waals surface area contributed by atoms with Crippen molar-refractivity contribution in [3.8, 4) is 12.3 Å². The Morgan fingerprint density at radius 2 is 2.38 bits per heavy atom. The van der Waals surface area contributed by atoms with Crippen LogP contribution in [0.5, 0.6) is 0 Å². The summed E-state index contributed by atoms with van der Waals surface area (Å²) in [6.45, 7) is 2.21. The molecular formula is C10H14N2O3S. The smallest absolute Gasteiger partial charge is 0.327 e. The zero-order chi connectivity index (χ0) is 12.1. The highest BCUT2D eigenvalue weighted by molar-refractivity contribution is 8.00. The molecule has 1 amide bonds. The summed E-state index contributed by atoms with van der Waals surface area (Å²) in [5.41, 5.74) is 0. The van der Waals surface area contributed by atoms with Crippen LogP contribution in [0.15, 0.2) is 0 Å². The monoisotopic (exact) mass is 242 g/mol. The molecule has 1 aliphatic heterocycles. The van der Waals surface area contributed by atoms with Gasteiger partial charge in [-0.15, -0.1) is 18.2 Å². The average Bonchev–Trinajstić information content (AvgIpc) is 2.60. The summed E-state index contributed by atoms with van der Waals surface area (Å²) < 4.78 is 0. The van der Waals surface area contributed by atoms with Gasteiger partial charge in [-0.2, -0.15) is 0 Å². The molecule has 0 bridgehead atoms.